The second-order valence-corrected chi connectivity index (χ2v) is 3.13. The number of carboxylic acids is 1. The van der Waals surface area contributed by atoms with Crippen LogP contribution in [0.1, 0.15) is 0 Å². The van der Waals surface area contributed by atoms with Gasteiger partial charge in [0, 0.05) is 6.08 Å². The van der Waals surface area contributed by atoms with Crippen LogP contribution in [-0.2, 0) is 4.79 Å². The highest BCUT2D eigenvalue weighted by Crippen LogP contribution is 2.14. The van der Waals surface area contributed by atoms with Crippen molar-refractivity contribution in [1.82, 2.24) is 5.48 Å². The Morgan fingerprint density at radius 3 is 2.76 bits per heavy atom. The summed E-state index contributed by atoms with van der Waals surface area (Å²) in [5, 5.41) is 27.9. The number of aliphatic carboxylic acids is 1. The van der Waals surface area contributed by atoms with Gasteiger partial charge in [-0.05, 0) is 6.08 Å². The van der Waals surface area contributed by atoms with Crippen LogP contribution in [0, 0.1) is 10.1 Å². The Labute approximate surface area is 95.1 Å². The summed E-state index contributed by atoms with van der Waals surface area (Å²) in [4.78, 5) is 23.8. The van der Waals surface area contributed by atoms with E-state index in [0.29, 0.717) is 0 Å². The standard InChI is InChI=1S/C8H10N4O5/c9-7-5(12(16)17)2-1-4(8(7)11-15)10-3-6(13)14/h1-2,8,11,15H,3,9H2,(H,13,14). The number of carboxylic acid groups (broad SMARTS) is 1. The number of hydroxylamine groups is 1. The first-order chi connectivity index (χ1) is 7.97. The van der Waals surface area contributed by atoms with Gasteiger partial charge in [0.15, 0.2) is 0 Å². The lowest BCUT2D eigenvalue weighted by Gasteiger charge is -2.18. The predicted molar refractivity (Wildman–Crippen MR) is 56.0 cm³/mol. The van der Waals surface area contributed by atoms with Crippen molar-refractivity contribution in [3.05, 3.63) is 33.7 Å². The molecule has 0 aromatic heterocycles. The van der Waals surface area contributed by atoms with Gasteiger partial charge >= 0.3 is 5.97 Å². The van der Waals surface area contributed by atoms with Gasteiger partial charge in [-0.25, -0.2) is 0 Å². The van der Waals surface area contributed by atoms with E-state index >= 15 is 0 Å². The summed E-state index contributed by atoms with van der Waals surface area (Å²) >= 11 is 0. The maximum Gasteiger partial charge on any atom is 0.325 e. The Morgan fingerprint density at radius 1 is 1.65 bits per heavy atom. The smallest absolute Gasteiger partial charge is 0.325 e. The zero-order chi connectivity index (χ0) is 13.0. The number of nitrogens with two attached hydrogens (primary N) is 1. The maximum atomic E-state index is 10.6. The van der Waals surface area contributed by atoms with Crippen molar-refractivity contribution in [2.24, 2.45) is 10.7 Å². The van der Waals surface area contributed by atoms with E-state index in [0.717, 1.165) is 6.08 Å². The van der Waals surface area contributed by atoms with Crippen LogP contribution in [0.5, 0.6) is 0 Å². The minimum Gasteiger partial charge on any atom is -0.480 e. The van der Waals surface area contributed by atoms with Crippen LogP contribution in [-0.4, -0.2) is 39.5 Å². The van der Waals surface area contributed by atoms with Crippen LogP contribution >= 0.6 is 0 Å². The third-order valence-corrected chi connectivity index (χ3v) is 2.04. The molecule has 0 aromatic rings. The fourth-order valence-corrected chi connectivity index (χ4v) is 1.27. The highest BCUT2D eigenvalue weighted by Gasteiger charge is 2.28. The van der Waals surface area contributed by atoms with E-state index in [-0.39, 0.29) is 17.1 Å². The number of aliphatic imine (C=N–C) groups is 1. The number of nitrogens with one attached hydrogen (secondary N) is 1. The molecule has 0 spiro atoms. The zero-order valence-electron chi connectivity index (χ0n) is 8.53. The number of allylic oxidation sites excluding steroid dienone is 1. The lowest BCUT2D eigenvalue weighted by Crippen LogP contribution is -2.41. The molecule has 1 aliphatic rings. The van der Waals surface area contributed by atoms with Crippen molar-refractivity contribution in [3.63, 3.8) is 0 Å². The molecule has 1 aliphatic carbocycles. The molecule has 0 aliphatic heterocycles. The molecular weight excluding hydrogens is 232 g/mol. The predicted octanol–water partition coefficient (Wildman–Crippen LogP) is -1.12. The number of hydrogen-bond donors (Lipinski definition) is 4. The summed E-state index contributed by atoms with van der Waals surface area (Å²) in [7, 11) is 0. The van der Waals surface area contributed by atoms with Gasteiger partial charge in [-0.15, -0.1) is 0 Å². The van der Waals surface area contributed by atoms with Gasteiger partial charge in [0.25, 0.3) is 5.70 Å². The minimum absolute atomic E-state index is 0.109. The van der Waals surface area contributed by atoms with Gasteiger partial charge in [0.2, 0.25) is 0 Å². The summed E-state index contributed by atoms with van der Waals surface area (Å²) < 4.78 is 0. The Kier molecular flexibility index (Phi) is 3.91. The zero-order valence-corrected chi connectivity index (χ0v) is 8.53. The average molecular weight is 242 g/mol. The first kappa shape index (κ1) is 12.8. The Morgan fingerprint density at radius 2 is 2.29 bits per heavy atom. The van der Waals surface area contributed by atoms with Crippen molar-refractivity contribution in [2.75, 3.05) is 6.54 Å². The molecule has 1 rings (SSSR count). The normalized spacial score (nSPS) is 21.9. The molecule has 0 heterocycles. The monoisotopic (exact) mass is 242 g/mol. The van der Waals surface area contributed by atoms with Crippen LogP contribution in [0.2, 0.25) is 0 Å². The molecular formula is C8H10N4O5. The van der Waals surface area contributed by atoms with Gasteiger partial charge in [-0.1, -0.05) is 0 Å². The molecule has 0 aromatic carbocycles. The van der Waals surface area contributed by atoms with Crippen molar-refractivity contribution in [1.29, 1.82) is 0 Å². The van der Waals surface area contributed by atoms with E-state index in [1.165, 1.54) is 6.08 Å². The lowest BCUT2D eigenvalue weighted by atomic mass is 10.0. The molecule has 1 unspecified atom stereocenters. The average Bonchev–Trinajstić information content (AvgIpc) is 2.25. The van der Waals surface area contributed by atoms with Gasteiger partial charge in [-0.2, -0.15) is 5.48 Å². The largest absolute Gasteiger partial charge is 0.480 e. The fraction of sp³-hybridized carbons (Fsp3) is 0.250. The number of nitrogens with zero attached hydrogens (tertiary/aromatic N) is 2. The highest BCUT2D eigenvalue weighted by molar-refractivity contribution is 6.03. The molecule has 0 radical (unpaired) electrons. The molecule has 17 heavy (non-hydrogen) atoms. The molecule has 0 saturated carbocycles. The topological polar surface area (TPSA) is 151 Å². The molecule has 92 valence electrons. The SMILES string of the molecule is NC1=C([N+](=O)[O-])C=CC(=NCC(=O)O)C1NO. The summed E-state index contributed by atoms with van der Waals surface area (Å²) in [5.74, 6) is -1.16. The molecule has 5 N–H and O–H groups in total. The first-order valence-electron chi connectivity index (χ1n) is 4.45. The summed E-state index contributed by atoms with van der Waals surface area (Å²) in [6.45, 7) is -0.515. The van der Waals surface area contributed by atoms with Crippen molar-refractivity contribution in [3.8, 4) is 0 Å². The second-order valence-electron chi connectivity index (χ2n) is 3.13. The molecule has 0 amide bonds. The molecule has 0 saturated heterocycles. The van der Waals surface area contributed by atoms with Gasteiger partial charge in [-0.3, -0.25) is 19.9 Å². The minimum atomic E-state index is -1.16. The quantitative estimate of drug-likeness (QED) is 0.359. The van der Waals surface area contributed by atoms with E-state index in [4.69, 9.17) is 16.0 Å². The summed E-state index contributed by atoms with van der Waals surface area (Å²) in [5.41, 5.74) is 6.72. The molecule has 9 nitrogen and oxygen atoms in total. The van der Waals surface area contributed by atoms with Crippen LogP contribution in [0.3, 0.4) is 0 Å². The van der Waals surface area contributed by atoms with E-state index in [1.54, 1.807) is 5.48 Å². The van der Waals surface area contributed by atoms with Crippen molar-refractivity contribution in [2.45, 2.75) is 6.04 Å². The molecule has 9 heteroatoms. The molecule has 0 fully saturated rings. The van der Waals surface area contributed by atoms with Crippen LogP contribution in [0.4, 0.5) is 0 Å². The Bertz CT molecular complexity index is 439. The number of nitro groups is 1. The molecule has 1 atom stereocenters. The molecule has 0 bridgehead atoms. The van der Waals surface area contributed by atoms with Crippen LogP contribution in [0.15, 0.2) is 28.5 Å². The lowest BCUT2D eigenvalue weighted by molar-refractivity contribution is -0.420. The van der Waals surface area contributed by atoms with Gasteiger partial charge in [0.05, 0.1) is 10.6 Å². The third kappa shape index (κ3) is 2.86. The van der Waals surface area contributed by atoms with E-state index in [9.17, 15) is 14.9 Å². The van der Waals surface area contributed by atoms with Crippen molar-refractivity contribution >= 4 is 11.7 Å². The van der Waals surface area contributed by atoms with Crippen molar-refractivity contribution < 1.29 is 20.0 Å². The maximum absolute atomic E-state index is 10.6. The fourth-order valence-electron chi connectivity index (χ4n) is 1.27. The van der Waals surface area contributed by atoms with Gasteiger partial charge < -0.3 is 16.0 Å². The van der Waals surface area contributed by atoms with E-state index < -0.39 is 23.5 Å². The Balaban J connectivity index is 3.03. The Hall–Kier alpha value is -2.26. The van der Waals surface area contributed by atoms with E-state index in [1.807, 2.05) is 0 Å². The number of hydrogen-bond acceptors (Lipinski definition) is 7. The highest BCUT2D eigenvalue weighted by atomic mass is 16.6. The third-order valence-electron chi connectivity index (χ3n) is 2.04. The number of carbonyl (C=O) groups is 1. The van der Waals surface area contributed by atoms with Crippen LogP contribution in [0.25, 0.3) is 0 Å². The first-order valence-corrected chi connectivity index (χ1v) is 4.45. The van der Waals surface area contributed by atoms with E-state index in [2.05, 4.69) is 4.99 Å². The second kappa shape index (κ2) is 5.18. The number of rotatable bonds is 4. The van der Waals surface area contributed by atoms with Gasteiger partial charge in [0.1, 0.15) is 18.3 Å². The summed E-state index contributed by atoms with van der Waals surface area (Å²) in [6.07, 6.45) is 2.33. The summed E-state index contributed by atoms with van der Waals surface area (Å²) in [6, 6.07) is -1.08. The van der Waals surface area contributed by atoms with Crippen LogP contribution < -0.4 is 11.2 Å².